The molecule has 0 radical (unpaired) electrons. The van der Waals surface area contributed by atoms with Crippen molar-refractivity contribution < 1.29 is 67.4 Å². The van der Waals surface area contributed by atoms with Crippen LogP contribution in [0.2, 0.25) is 0 Å². The fourth-order valence-electron chi connectivity index (χ4n) is 3.73. The fraction of sp³-hybridized carbons (Fsp3) is 0.900. The van der Waals surface area contributed by atoms with Crippen LogP contribution < -0.4 is 15.3 Å². The van der Waals surface area contributed by atoms with Gasteiger partial charge in [0.25, 0.3) is 0 Å². The average Bonchev–Trinajstić information content (AvgIpc) is 2.81. The normalized spacial score (nSPS) is 13.9. The smallest absolute Gasteiger partial charge is 0.550 e. The molecular formula is C30H57HoO6. The number of carbonyl (C=O) groups excluding carboxylic acids is 3. The molecule has 0 rings (SSSR count). The Morgan fingerprint density at radius 1 is 0.486 bits per heavy atom. The second-order valence-corrected chi connectivity index (χ2v) is 11.3. The molecule has 0 amide bonds. The maximum Gasteiger partial charge on any atom is 3.00 e. The van der Waals surface area contributed by atoms with Gasteiger partial charge in [-0.05, 0) is 32.1 Å². The number of hydrogen-bond acceptors (Lipinski definition) is 6. The number of rotatable bonds is 18. The first-order chi connectivity index (χ1) is 16.6. The Balaban J connectivity index is -0.000000218. The molecule has 0 bridgehead atoms. The summed E-state index contributed by atoms with van der Waals surface area (Å²) in [6, 6.07) is 0. The van der Waals surface area contributed by atoms with E-state index in [0.717, 1.165) is 77.0 Å². The van der Waals surface area contributed by atoms with Crippen LogP contribution >= 0.6 is 0 Å². The van der Waals surface area contributed by atoms with Crippen molar-refractivity contribution in [3.63, 3.8) is 0 Å². The van der Waals surface area contributed by atoms with Gasteiger partial charge in [0, 0.05) is 34.2 Å². The zero-order chi connectivity index (χ0) is 28.8. The number of carboxylic acids is 3. The van der Waals surface area contributed by atoms with E-state index in [0.29, 0.717) is 6.42 Å². The van der Waals surface area contributed by atoms with Crippen LogP contribution in [0, 0.1) is 54.0 Å². The van der Waals surface area contributed by atoms with Crippen LogP contribution in [0.1, 0.15) is 159 Å². The van der Waals surface area contributed by atoms with E-state index in [1.54, 1.807) is 27.7 Å². The zero-order valence-corrected chi connectivity index (χ0v) is 27.3. The summed E-state index contributed by atoms with van der Waals surface area (Å²) < 4.78 is 0. The Hall–Kier alpha value is -0.330. The third-order valence-corrected chi connectivity index (χ3v) is 7.19. The Labute approximate surface area is 258 Å². The second-order valence-electron chi connectivity index (χ2n) is 11.3. The van der Waals surface area contributed by atoms with Crippen LogP contribution in [0.25, 0.3) is 0 Å². The summed E-state index contributed by atoms with van der Waals surface area (Å²) in [5, 5.41) is 32.1. The van der Waals surface area contributed by atoms with Gasteiger partial charge in [-0.25, -0.2) is 0 Å². The van der Waals surface area contributed by atoms with E-state index in [1.807, 2.05) is 13.8 Å². The molecule has 0 spiro atoms. The van der Waals surface area contributed by atoms with Crippen molar-refractivity contribution in [3.05, 3.63) is 0 Å². The third kappa shape index (κ3) is 22.2. The second kappa shape index (κ2) is 24.7. The largest absolute Gasteiger partial charge is 3.00 e. The molecule has 6 nitrogen and oxygen atoms in total. The quantitative estimate of drug-likeness (QED) is 0.145. The summed E-state index contributed by atoms with van der Waals surface area (Å²) >= 11 is 0. The van der Waals surface area contributed by atoms with Crippen LogP contribution in [0.4, 0.5) is 0 Å². The van der Waals surface area contributed by atoms with Gasteiger partial charge in [-0.1, -0.05) is 127 Å². The number of carbonyl (C=O) groups is 3. The van der Waals surface area contributed by atoms with Gasteiger partial charge < -0.3 is 29.7 Å². The van der Waals surface area contributed by atoms with Gasteiger partial charge in [-0.2, -0.15) is 0 Å². The molecule has 0 saturated carbocycles. The van der Waals surface area contributed by atoms with Gasteiger partial charge in [0.1, 0.15) is 0 Å². The van der Waals surface area contributed by atoms with Crippen molar-refractivity contribution >= 4 is 17.9 Å². The molecule has 0 aliphatic rings. The topological polar surface area (TPSA) is 120 Å². The Bertz CT molecular complexity index is 593. The summed E-state index contributed by atoms with van der Waals surface area (Å²) in [4.78, 5) is 32.1. The molecule has 0 saturated heterocycles. The van der Waals surface area contributed by atoms with Crippen molar-refractivity contribution in [2.45, 2.75) is 159 Å². The summed E-state index contributed by atoms with van der Waals surface area (Å²) in [5.41, 5.74) is -1.84. The SMILES string of the molecule is CCCCC(C)(CCC)C(=O)[O-].CCCCCC(C)(CC)C(=O)[O-].CCCCCCC(C)(C)C(=O)[O-].[Ho+3]. The summed E-state index contributed by atoms with van der Waals surface area (Å²) in [5.74, 6) is -2.72. The number of carboxylic acid groups (broad SMARTS) is 3. The van der Waals surface area contributed by atoms with E-state index in [-0.39, 0.29) is 37.7 Å². The third-order valence-electron chi connectivity index (χ3n) is 7.19. The zero-order valence-electron chi connectivity index (χ0n) is 25.4. The van der Waals surface area contributed by atoms with Crippen LogP contribution in [-0.4, -0.2) is 17.9 Å². The van der Waals surface area contributed by atoms with Crippen LogP contribution in [-0.2, 0) is 14.4 Å². The van der Waals surface area contributed by atoms with Gasteiger partial charge in [0.2, 0.25) is 0 Å². The first-order valence-corrected chi connectivity index (χ1v) is 14.3. The predicted octanol–water partition coefficient (Wildman–Crippen LogP) is 5.20. The molecule has 0 aromatic carbocycles. The minimum atomic E-state index is -0.931. The molecular weight excluding hydrogens is 621 g/mol. The Kier molecular flexibility index (Phi) is 29.2. The van der Waals surface area contributed by atoms with E-state index < -0.39 is 34.2 Å². The van der Waals surface area contributed by atoms with Crippen molar-refractivity contribution in [2.75, 3.05) is 0 Å². The van der Waals surface area contributed by atoms with Gasteiger partial charge >= 0.3 is 37.7 Å². The van der Waals surface area contributed by atoms with Crippen LogP contribution in [0.3, 0.4) is 0 Å². The predicted molar refractivity (Wildman–Crippen MR) is 143 cm³/mol. The van der Waals surface area contributed by atoms with Crippen LogP contribution in [0.15, 0.2) is 0 Å². The molecule has 0 aliphatic heterocycles. The standard InChI is InChI=1S/3C10H20O2.Ho/c1-4-5-6-7-8-10(2,3)9(11)12;1-4-6-7-8-10(3,5-2)9(11)12;1-4-6-8-10(3,7-5-2)9(11)12;/h3*4-8H2,1-3H3,(H,11,12);/q;;;+3/p-3. The van der Waals surface area contributed by atoms with Crippen molar-refractivity contribution in [2.24, 2.45) is 16.2 Å². The molecule has 0 aromatic heterocycles. The van der Waals surface area contributed by atoms with Crippen LogP contribution in [0.5, 0.6) is 0 Å². The Morgan fingerprint density at radius 2 is 0.892 bits per heavy atom. The first kappa shape index (κ1) is 43.7. The van der Waals surface area contributed by atoms with E-state index in [2.05, 4.69) is 20.8 Å². The van der Waals surface area contributed by atoms with Crippen molar-refractivity contribution in [3.8, 4) is 0 Å². The molecule has 0 N–H and O–H groups in total. The molecule has 37 heavy (non-hydrogen) atoms. The first-order valence-electron chi connectivity index (χ1n) is 14.3. The van der Waals surface area contributed by atoms with E-state index in [4.69, 9.17) is 0 Å². The minimum Gasteiger partial charge on any atom is -0.550 e. The molecule has 2 unspecified atom stereocenters. The van der Waals surface area contributed by atoms with Crippen molar-refractivity contribution in [1.29, 1.82) is 0 Å². The Morgan fingerprint density at radius 3 is 1.24 bits per heavy atom. The molecule has 2 atom stereocenters. The molecule has 7 heteroatoms. The van der Waals surface area contributed by atoms with Crippen molar-refractivity contribution in [1.82, 2.24) is 0 Å². The van der Waals surface area contributed by atoms with E-state index >= 15 is 0 Å². The van der Waals surface area contributed by atoms with Gasteiger partial charge in [0.05, 0.1) is 0 Å². The van der Waals surface area contributed by atoms with E-state index in [9.17, 15) is 29.7 Å². The maximum absolute atomic E-state index is 10.8. The summed E-state index contributed by atoms with van der Waals surface area (Å²) in [6.07, 6.45) is 14.3. The molecule has 0 heterocycles. The average molecular weight is 679 g/mol. The molecule has 224 valence electrons. The molecule has 0 fully saturated rings. The molecule has 0 aromatic rings. The number of hydrogen-bond donors (Lipinski definition) is 0. The maximum atomic E-state index is 10.8. The minimum absolute atomic E-state index is 0. The number of aliphatic carboxylic acids is 3. The summed E-state index contributed by atoms with van der Waals surface area (Å²) in [6.45, 7) is 17.3. The molecule has 0 aliphatic carbocycles. The van der Waals surface area contributed by atoms with Gasteiger partial charge in [-0.3, -0.25) is 0 Å². The van der Waals surface area contributed by atoms with Gasteiger partial charge in [0.15, 0.2) is 0 Å². The summed E-state index contributed by atoms with van der Waals surface area (Å²) in [7, 11) is 0. The van der Waals surface area contributed by atoms with Gasteiger partial charge in [-0.15, -0.1) is 0 Å². The fourth-order valence-corrected chi connectivity index (χ4v) is 3.73. The monoisotopic (exact) mass is 678 g/mol. The van der Waals surface area contributed by atoms with E-state index in [1.165, 1.54) is 12.8 Å². The number of unbranched alkanes of at least 4 members (excludes halogenated alkanes) is 6.